The van der Waals surface area contributed by atoms with Crippen LogP contribution in [0, 0.1) is 0 Å². The van der Waals surface area contributed by atoms with Gasteiger partial charge >= 0.3 is 0 Å². The molecule has 0 bridgehead atoms. The van der Waals surface area contributed by atoms with Crippen LogP contribution in [0.4, 0.5) is 5.13 Å². The number of nitrogens with zero attached hydrogens (tertiary/aromatic N) is 3. The van der Waals surface area contributed by atoms with Gasteiger partial charge in [0.05, 0.1) is 30.1 Å². The molecule has 166 valence electrons. The number of para-hydroxylation sites is 2. The molecular weight excluding hydrogens is 432 g/mol. The van der Waals surface area contributed by atoms with Gasteiger partial charge in [-0.1, -0.05) is 47.7 Å². The smallest absolute Gasteiger partial charge is 0.204 e. The van der Waals surface area contributed by atoms with E-state index in [1.54, 1.807) is 18.4 Å². The molecule has 0 radical (unpaired) electrons. The van der Waals surface area contributed by atoms with E-state index in [-0.39, 0.29) is 0 Å². The van der Waals surface area contributed by atoms with Crippen LogP contribution in [0.25, 0.3) is 21.1 Å². The number of hydrogen-bond donors (Lipinski definition) is 1. The summed E-state index contributed by atoms with van der Waals surface area (Å²) in [6, 6.07) is 24.1. The molecule has 0 atom stereocenters. The minimum Gasteiger partial charge on any atom is -0.497 e. The highest BCUT2D eigenvalue weighted by Gasteiger charge is 2.07. The zero-order valence-corrected chi connectivity index (χ0v) is 19.1. The fourth-order valence-electron chi connectivity index (χ4n) is 3.76. The number of thiazole rings is 1. The Morgan fingerprint density at radius 2 is 1.88 bits per heavy atom. The largest absolute Gasteiger partial charge is 0.497 e. The van der Waals surface area contributed by atoms with Gasteiger partial charge in [-0.05, 0) is 36.8 Å². The first-order valence-corrected chi connectivity index (χ1v) is 11.6. The Morgan fingerprint density at radius 3 is 2.79 bits per heavy atom. The normalized spacial score (nSPS) is 11.4. The number of hydrogen-bond acceptors (Lipinski definition) is 6. The molecule has 0 unspecified atom stereocenters. The second-order valence-electron chi connectivity index (χ2n) is 7.53. The number of anilines is 1. The molecule has 0 saturated carbocycles. The summed E-state index contributed by atoms with van der Waals surface area (Å²) in [6.45, 7) is 1.48. The second-order valence-corrected chi connectivity index (χ2v) is 8.56. The molecule has 0 aliphatic heterocycles. The maximum absolute atomic E-state index is 5.89. The number of nitrogens with one attached hydrogen (secondary N) is 1. The highest BCUT2D eigenvalue weighted by Crippen LogP contribution is 2.26. The number of hydrazone groups is 1. The van der Waals surface area contributed by atoms with Gasteiger partial charge in [-0.15, -0.1) is 0 Å². The monoisotopic (exact) mass is 456 g/mol. The molecule has 0 saturated heterocycles. The van der Waals surface area contributed by atoms with Crippen molar-refractivity contribution in [2.75, 3.05) is 19.1 Å². The Labute approximate surface area is 196 Å². The van der Waals surface area contributed by atoms with Crippen LogP contribution in [-0.4, -0.2) is 29.5 Å². The van der Waals surface area contributed by atoms with Crippen LogP contribution in [0.1, 0.15) is 12.0 Å². The van der Waals surface area contributed by atoms with Gasteiger partial charge in [0.1, 0.15) is 11.5 Å². The van der Waals surface area contributed by atoms with E-state index in [1.807, 2.05) is 48.7 Å². The molecule has 0 spiro atoms. The maximum Gasteiger partial charge on any atom is 0.204 e. The van der Waals surface area contributed by atoms with Crippen LogP contribution >= 0.6 is 11.3 Å². The summed E-state index contributed by atoms with van der Waals surface area (Å²) in [5.74, 6) is 1.62. The molecule has 0 amide bonds. The lowest BCUT2D eigenvalue weighted by Crippen LogP contribution is -2.03. The van der Waals surface area contributed by atoms with Crippen LogP contribution in [0.3, 0.4) is 0 Å². The first-order valence-electron chi connectivity index (χ1n) is 10.8. The number of aromatic nitrogens is 2. The van der Waals surface area contributed by atoms with E-state index < -0.39 is 0 Å². The lowest BCUT2D eigenvalue weighted by Gasteiger charge is -2.09. The Bertz CT molecular complexity index is 1370. The lowest BCUT2D eigenvalue weighted by atomic mass is 10.2. The van der Waals surface area contributed by atoms with Crippen molar-refractivity contribution in [2.24, 2.45) is 5.10 Å². The number of methoxy groups -OCH3 is 1. The third kappa shape index (κ3) is 4.83. The molecule has 2 aromatic heterocycles. The summed E-state index contributed by atoms with van der Waals surface area (Å²) in [4.78, 5) is 4.56. The Morgan fingerprint density at radius 1 is 1.03 bits per heavy atom. The molecule has 0 aliphatic carbocycles. The molecule has 0 fully saturated rings. The van der Waals surface area contributed by atoms with Crippen LogP contribution < -0.4 is 14.9 Å². The molecule has 6 nitrogen and oxygen atoms in total. The highest BCUT2D eigenvalue weighted by atomic mass is 32.1. The molecule has 5 rings (SSSR count). The average molecular weight is 457 g/mol. The molecule has 2 heterocycles. The topological polar surface area (TPSA) is 60.7 Å². The Kier molecular flexibility index (Phi) is 6.21. The number of fused-ring (bicyclic) bond motifs is 2. The minimum absolute atomic E-state index is 0.627. The predicted octanol–water partition coefficient (Wildman–Crippen LogP) is 6.17. The van der Waals surface area contributed by atoms with Crippen molar-refractivity contribution in [3.8, 4) is 11.5 Å². The molecule has 0 aliphatic rings. The summed E-state index contributed by atoms with van der Waals surface area (Å²) in [5.41, 5.74) is 6.30. The third-order valence-electron chi connectivity index (χ3n) is 5.33. The quantitative estimate of drug-likeness (QED) is 0.164. The third-order valence-corrected chi connectivity index (χ3v) is 6.27. The van der Waals surface area contributed by atoms with E-state index in [0.717, 1.165) is 45.4 Å². The van der Waals surface area contributed by atoms with Crippen molar-refractivity contribution in [3.63, 3.8) is 0 Å². The SMILES string of the molecule is COc1cccc(OCCCn2cc(C=NNc3nc4ccccc4s3)c3ccccc32)c1. The predicted molar refractivity (Wildman–Crippen MR) is 136 cm³/mol. The number of benzene rings is 3. The molecule has 5 aromatic rings. The number of ether oxygens (including phenoxy) is 2. The summed E-state index contributed by atoms with van der Waals surface area (Å²) < 4.78 is 14.5. The first-order chi connectivity index (χ1) is 16.3. The van der Waals surface area contributed by atoms with Gasteiger partial charge in [0.15, 0.2) is 0 Å². The van der Waals surface area contributed by atoms with Gasteiger partial charge in [0.25, 0.3) is 0 Å². The van der Waals surface area contributed by atoms with Crippen LogP contribution in [0.5, 0.6) is 11.5 Å². The summed E-state index contributed by atoms with van der Waals surface area (Å²) >= 11 is 1.59. The van der Waals surface area contributed by atoms with Gasteiger partial charge in [-0.3, -0.25) is 5.43 Å². The fourth-order valence-corrected chi connectivity index (χ4v) is 4.57. The van der Waals surface area contributed by atoms with E-state index in [1.165, 1.54) is 10.9 Å². The summed E-state index contributed by atoms with van der Waals surface area (Å²) in [5, 5.41) is 6.40. The molecule has 3 aromatic carbocycles. The van der Waals surface area contributed by atoms with Gasteiger partial charge in [0.2, 0.25) is 5.13 Å². The summed E-state index contributed by atoms with van der Waals surface area (Å²) in [6.07, 6.45) is 4.88. The van der Waals surface area contributed by atoms with E-state index in [4.69, 9.17) is 9.47 Å². The first kappa shape index (κ1) is 21.0. The molecule has 33 heavy (non-hydrogen) atoms. The van der Waals surface area contributed by atoms with Gasteiger partial charge in [-0.2, -0.15) is 5.10 Å². The van der Waals surface area contributed by atoms with Crippen molar-refractivity contribution in [3.05, 3.63) is 84.6 Å². The van der Waals surface area contributed by atoms with Gasteiger partial charge < -0.3 is 14.0 Å². The van der Waals surface area contributed by atoms with Crippen molar-refractivity contribution in [2.45, 2.75) is 13.0 Å². The zero-order chi connectivity index (χ0) is 22.5. The number of rotatable bonds is 9. The molecule has 7 heteroatoms. The van der Waals surface area contributed by atoms with Crippen molar-refractivity contribution in [1.82, 2.24) is 9.55 Å². The Hall–Kier alpha value is -3.84. The Balaban J connectivity index is 1.24. The van der Waals surface area contributed by atoms with Crippen LogP contribution in [0.15, 0.2) is 84.1 Å². The van der Waals surface area contributed by atoms with E-state index in [2.05, 4.69) is 56.6 Å². The summed E-state index contributed by atoms with van der Waals surface area (Å²) in [7, 11) is 1.66. The lowest BCUT2D eigenvalue weighted by molar-refractivity contribution is 0.300. The van der Waals surface area contributed by atoms with Gasteiger partial charge in [-0.25, -0.2) is 4.98 Å². The maximum atomic E-state index is 5.89. The minimum atomic E-state index is 0.627. The fraction of sp³-hybridized carbons (Fsp3) is 0.154. The zero-order valence-electron chi connectivity index (χ0n) is 18.3. The van der Waals surface area contributed by atoms with E-state index >= 15 is 0 Å². The van der Waals surface area contributed by atoms with E-state index in [0.29, 0.717) is 6.61 Å². The molecular formula is C26H24N4O2S. The van der Waals surface area contributed by atoms with Crippen molar-refractivity contribution < 1.29 is 9.47 Å². The van der Waals surface area contributed by atoms with Crippen LogP contribution in [0.2, 0.25) is 0 Å². The highest BCUT2D eigenvalue weighted by molar-refractivity contribution is 7.22. The van der Waals surface area contributed by atoms with Crippen LogP contribution in [-0.2, 0) is 6.54 Å². The van der Waals surface area contributed by atoms with E-state index in [9.17, 15) is 0 Å². The molecule has 1 N–H and O–H groups in total. The van der Waals surface area contributed by atoms with Crippen molar-refractivity contribution in [1.29, 1.82) is 0 Å². The van der Waals surface area contributed by atoms with Crippen molar-refractivity contribution >= 4 is 43.8 Å². The number of aryl methyl sites for hydroxylation is 1. The standard InChI is InChI=1S/C26H24N4O2S/c1-31-20-8-6-9-21(16-20)32-15-7-14-30-18-19(22-10-2-4-12-24(22)30)17-27-29-26-28-23-11-3-5-13-25(23)33-26/h2-6,8-13,16-18H,7,14-15H2,1H3,(H,28,29). The second kappa shape index (κ2) is 9.75. The average Bonchev–Trinajstić information content (AvgIpc) is 3.43. The van der Waals surface area contributed by atoms with Gasteiger partial charge in [0, 0.05) is 35.3 Å².